The second kappa shape index (κ2) is 3.72. The smallest absolute Gasteiger partial charge is 0.115 e. The average Bonchev–Trinajstić information content (AvgIpc) is 2.57. The van der Waals surface area contributed by atoms with Gasteiger partial charge in [0.05, 0.1) is 0 Å². The number of hydrogen-bond donors (Lipinski definition) is 2. The summed E-state index contributed by atoms with van der Waals surface area (Å²) in [6.07, 6.45) is 3.37. The number of phenols is 1. The minimum Gasteiger partial charge on any atom is -0.508 e. The van der Waals surface area contributed by atoms with Crippen molar-refractivity contribution in [2.24, 2.45) is 11.1 Å². The zero-order chi connectivity index (χ0) is 12.0. The molecule has 1 heterocycles. The van der Waals surface area contributed by atoms with E-state index in [1.807, 2.05) is 12.1 Å². The van der Waals surface area contributed by atoms with Crippen molar-refractivity contribution in [2.45, 2.75) is 25.3 Å². The molecule has 3 nitrogen and oxygen atoms in total. The number of nitrogens with two attached hydrogens (primary N) is 1. The van der Waals surface area contributed by atoms with E-state index >= 15 is 0 Å². The van der Waals surface area contributed by atoms with E-state index in [-0.39, 0.29) is 11.5 Å². The number of aromatic hydroxyl groups is 1. The first-order valence-electron chi connectivity index (χ1n) is 6.37. The summed E-state index contributed by atoms with van der Waals surface area (Å²) in [5.41, 5.74) is 9.18. The maximum Gasteiger partial charge on any atom is 0.115 e. The highest BCUT2D eigenvalue weighted by Crippen LogP contribution is 2.51. The molecule has 1 atom stereocenters. The molecule has 0 unspecified atom stereocenters. The Hall–Kier alpha value is -1.06. The van der Waals surface area contributed by atoms with Crippen molar-refractivity contribution in [1.29, 1.82) is 0 Å². The Kier molecular flexibility index (Phi) is 2.42. The van der Waals surface area contributed by atoms with Gasteiger partial charge < -0.3 is 15.7 Å². The van der Waals surface area contributed by atoms with Gasteiger partial charge in [-0.25, -0.2) is 0 Å². The normalized spacial score (nSPS) is 27.3. The van der Waals surface area contributed by atoms with Gasteiger partial charge in [0.15, 0.2) is 0 Å². The first kappa shape index (κ1) is 11.1. The van der Waals surface area contributed by atoms with Crippen molar-refractivity contribution in [3.05, 3.63) is 29.3 Å². The van der Waals surface area contributed by atoms with E-state index in [2.05, 4.69) is 11.9 Å². The number of phenolic OH excluding ortho intramolecular Hbond substituents is 1. The molecule has 0 bridgehead atoms. The van der Waals surface area contributed by atoms with Crippen LogP contribution in [0.5, 0.6) is 5.75 Å². The first-order valence-corrected chi connectivity index (χ1v) is 6.37. The SMILES string of the molecule is CN1CCC2(CC1)Cc1cc(O)ccc1[C@H]2N. The molecule has 1 spiro atoms. The van der Waals surface area contributed by atoms with Gasteiger partial charge in [-0.1, -0.05) is 6.07 Å². The van der Waals surface area contributed by atoms with Gasteiger partial charge in [0.2, 0.25) is 0 Å². The van der Waals surface area contributed by atoms with Crippen LogP contribution < -0.4 is 5.73 Å². The molecule has 0 amide bonds. The van der Waals surface area contributed by atoms with Crippen LogP contribution in [0.2, 0.25) is 0 Å². The summed E-state index contributed by atoms with van der Waals surface area (Å²) in [6, 6.07) is 5.80. The van der Waals surface area contributed by atoms with Crippen LogP contribution in [0.4, 0.5) is 0 Å². The predicted molar refractivity (Wildman–Crippen MR) is 67.9 cm³/mol. The minimum atomic E-state index is 0.145. The quantitative estimate of drug-likeness (QED) is 0.715. The molecule has 3 heteroatoms. The van der Waals surface area contributed by atoms with Gasteiger partial charge >= 0.3 is 0 Å². The highest BCUT2D eigenvalue weighted by molar-refractivity contribution is 5.42. The van der Waals surface area contributed by atoms with E-state index in [0.29, 0.717) is 5.75 Å². The molecule has 1 fully saturated rings. The van der Waals surface area contributed by atoms with Gasteiger partial charge in [0.25, 0.3) is 0 Å². The van der Waals surface area contributed by atoms with Gasteiger partial charge in [-0.05, 0) is 68.1 Å². The molecule has 0 aromatic heterocycles. The second-order valence-electron chi connectivity index (χ2n) is 5.70. The van der Waals surface area contributed by atoms with Gasteiger partial charge in [0, 0.05) is 6.04 Å². The summed E-state index contributed by atoms with van der Waals surface area (Å²) in [5.74, 6) is 0.362. The molecule has 2 aliphatic rings. The Bertz CT molecular complexity index is 436. The lowest BCUT2D eigenvalue weighted by molar-refractivity contribution is 0.106. The molecule has 1 aromatic carbocycles. The van der Waals surface area contributed by atoms with Crippen LogP contribution >= 0.6 is 0 Å². The molecule has 3 N–H and O–H groups in total. The minimum absolute atomic E-state index is 0.145. The molecule has 0 radical (unpaired) electrons. The third kappa shape index (κ3) is 1.65. The average molecular weight is 232 g/mol. The molecule has 92 valence electrons. The number of piperidine rings is 1. The molecule has 17 heavy (non-hydrogen) atoms. The first-order chi connectivity index (χ1) is 8.11. The predicted octanol–water partition coefficient (Wildman–Crippen LogP) is 1.66. The fourth-order valence-electron chi connectivity index (χ4n) is 3.42. The lowest BCUT2D eigenvalue weighted by Gasteiger charge is -2.41. The van der Waals surface area contributed by atoms with Crippen LogP contribution in [0, 0.1) is 5.41 Å². The highest BCUT2D eigenvalue weighted by Gasteiger charge is 2.45. The summed E-state index contributed by atoms with van der Waals surface area (Å²) in [6.45, 7) is 2.27. The lowest BCUT2D eigenvalue weighted by atomic mass is 9.73. The topological polar surface area (TPSA) is 49.5 Å². The highest BCUT2D eigenvalue weighted by atomic mass is 16.3. The van der Waals surface area contributed by atoms with Crippen molar-refractivity contribution >= 4 is 0 Å². The number of benzene rings is 1. The van der Waals surface area contributed by atoms with E-state index < -0.39 is 0 Å². The van der Waals surface area contributed by atoms with Crippen LogP contribution in [0.15, 0.2) is 18.2 Å². The van der Waals surface area contributed by atoms with E-state index in [1.165, 1.54) is 24.0 Å². The van der Waals surface area contributed by atoms with Crippen LogP contribution in [0.25, 0.3) is 0 Å². The van der Waals surface area contributed by atoms with Gasteiger partial charge in [-0.15, -0.1) is 0 Å². The summed E-state index contributed by atoms with van der Waals surface area (Å²) in [7, 11) is 2.17. The number of fused-ring (bicyclic) bond motifs is 1. The summed E-state index contributed by atoms with van der Waals surface area (Å²) < 4.78 is 0. The summed E-state index contributed by atoms with van der Waals surface area (Å²) in [5, 5.41) is 9.56. The van der Waals surface area contributed by atoms with Crippen LogP contribution in [0.3, 0.4) is 0 Å². The number of likely N-dealkylation sites (tertiary alicyclic amines) is 1. The molecule has 3 rings (SSSR count). The Labute approximate surface area is 102 Å². The number of nitrogens with zero attached hydrogens (tertiary/aromatic N) is 1. The maximum atomic E-state index is 9.56. The van der Waals surface area contributed by atoms with E-state index in [4.69, 9.17) is 5.73 Å². The van der Waals surface area contributed by atoms with Crippen LogP contribution in [-0.4, -0.2) is 30.1 Å². The van der Waals surface area contributed by atoms with Crippen molar-refractivity contribution < 1.29 is 5.11 Å². The Morgan fingerprint density at radius 1 is 1.35 bits per heavy atom. The van der Waals surface area contributed by atoms with Crippen LogP contribution in [-0.2, 0) is 6.42 Å². The molecular weight excluding hydrogens is 212 g/mol. The Morgan fingerprint density at radius 2 is 2.06 bits per heavy atom. The maximum absolute atomic E-state index is 9.56. The van der Waals surface area contributed by atoms with Gasteiger partial charge in [-0.2, -0.15) is 0 Å². The Balaban J connectivity index is 1.92. The third-order valence-electron chi connectivity index (χ3n) is 4.65. The van der Waals surface area contributed by atoms with Gasteiger partial charge in [-0.3, -0.25) is 0 Å². The zero-order valence-corrected chi connectivity index (χ0v) is 10.3. The van der Waals surface area contributed by atoms with Crippen molar-refractivity contribution in [1.82, 2.24) is 4.90 Å². The van der Waals surface area contributed by atoms with E-state index in [1.54, 1.807) is 6.07 Å². The van der Waals surface area contributed by atoms with E-state index in [9.17, 15) is 5.11 Å². The van der Waals surface area contributed by atoms with Gasteiger partial charge in [0.1, 0.15) is 5.75 Å². The lowest BCUT2D eigenvalue weighted by Crippen LogP contribution is -2.42. The van der Waals surface area contributed by atoms with Crippen molar-refractivity contribution in [3.63, 3.8) is 0 Å². The molecule has 1 aliphatic carbocycles. The summed E-state index contributed by atoms with van der Waals surface area (Å²) >= 11 is 0. The molecule has 1 saturated heterocycles. The number of hydrogen-bond acceptors (Lipinski definition) is 3. The molecule has 1 aliphatic heterocycles. The largest absolute Gasteiger partial charge is 0.508 e. The molecular formula is C14H20N2O. The van der Waals surface area contributed by atoms with Crippen LogP contribution in [0.1, 0.15) is 30.0 Å². The van der Waals surface area contributed by atoms with E-state index in [0.717, 1.165) is 19.5 Å². The second-order valence-corrected chi connectivity index (χ2v) is 5.70. The standard InChI is InChI=1S/C14H20N2O/c1-16-6-4-14(5-7-16)9-10-8-11(17)2-3-12(10)13(14)15/h2-3,8,13,17H,4-7,9,15H2,1H3/t13-/m1/s1. The fraction of sp³-hybridized carbons (Fsp3) is 0.571. The molecule has 0 saturated carbocycles. The number of rotatable bonds is 0. The molecule has 1 aromatic rings. The monoisotopic (exact) mass is 232 g/mol. The summed E-state index contributed by atoms with van der Waals surface area (Å²) in [4.78, 5) is 2.37. The third-order valence-corrected chi connectivity index (χ3v) is 4.65. The van der Waals surface area contributed by atoms with Crippen molar-refractivity contribution in [2.75, 3.05) is 20.1 Å². The van der Waals surface area contributed by atoms with Crippen molar-refractivity contribution in [3.8, 4) is 5.75 Å². The fourth-order valence-corrected chi connectivity index (χ4v) is 3.42. The zero-order valence-electron chi connectivity index (χ0n) is 10.3. The Morgan fingerprint density at radius 3 is 2.76 bits per heavy atom.